The van der Waals surface area contributed by atoms with Crippen LogP contribution in [0, 0.1) is 5.92 Å². The average molecular weight is 160 g/mol. The standard InChI is InChI=1S/C8H20OSi/c1-7(2)6-10(9-5)8(3)4/h7-8,10H,6H2,1-5H3. The maximum Gasteiger partial charge on any atom is 0.179 e. The number of hydrogen-bond donors (Lipinski definition) is 0. The van der Waals surface area contributed by atoms with Crippen molar-refractivity contribution in [2.24, 2.45) is 5.92 Å². The molecule has 0 aliphatic carbocycles. The largest absolute Gasteiger partial charge is 0.423 e. The molecule has 0 spiro atoms. The Morgan fingerprint density at radius 1 is 1.20 bits per heavy atom. The van der Waals surface area contributed by atoms with E-state index in [-0.39, 0.29) is 0 Å². The van der Waals surface area contributed by atoms with Gasteiger partial charge in [-0.3, -0.25) is 0 Å². The normalized spacial score (nSPS) is 14.7. The van der Waals surface area contributed by atoms with E-state index in [1.807, 2.05) is 7.11 Å². The molecule has 1 nitrogen and oxygen atoms in total. The van der Waals surface area contributed by atoms with Gasteiger partial charge >= 0.3 is 0 Å². The number of rotatable bonds is 4. The van der Waals surface area contributed by atoms with Gasteiger partial charge in [0.25, 0.3) is 0 Å². The summed E-state index contributed by atoms with van der Waals surface area (Å²) in [7, 11) is 1.02. The van der Waals surface area contributed by atoms with Gasteiger partial charge in [-0.2, -0.15) is 0 Å². The number of hydrogen-bond acceptors (Lipinski definition) is 1. The van der Waals surface area contributed by atoms with E-state index in [2.05, 4.69) is 27.7 Å². The van der Waals surface area contributed by atoms with Crippen LogP contribution in [0.15, 0.2) is 0 Å². The Labute approximate surface area is 66.5 Å². The zero-order chi connectivity index (χ0) is 8.15. The maximum atomic E-state index is 5.46. The van der Waals surface area contributed by atoms with Gasteiger partial charge in [-0.25, -0.2) is 0 Å². The molecule has 0 aromatic heterocycles. The Morgan fingerprint density at radius 2 is 1.70 bits per heavy atom. The van der Waals surface area contributed by atoms with Crippen LogP contribution in [0.2, 0.25) is 11.6 Å². The van der Waals surface area contributed by atoms with Crippen LogP contribution >= 0.6 is 0 Å². The molecule has 0 heterocycles. The van der Waals surface area contributed by atoms with Crippen LogP contribution in [0.1, 0.15) is 27.7 Å². The molecule has 1 unspecified atom stereocenters. The molecule has 0 N–H and O–H groups in total. The summed E-state index contributed by atoms with van der Waals surface area (Å²) in [6.07, 6.45) is 0. The topological polar surface area (TPSA) is 9.23 Å². The fraction of sp³-hybridized carbons (Fsp3) is 1.00. The Bertz CT molecular complexity index is 81.3. The third kappa shape index (κ3) is 4.07. The first kappa shape index (κ1) is 10.2. The van der Waals surface area contributed by atoms with Gasteiger partial charge in [-0.1, -0.05) is 27.7 Å². The monoisotopic (exact) mass is 160 g/mol. The summed E-state index contributed by atoms with van der Waals surface area (Å²) in [6.45, 7) is 9.06. The lowest BCUT2D eigenvalue weighted by Crippen LogP contribution is -2.21. The summed E-state index contributed by atoms with van der Waals surface area (Å²) in [5, 5.41) is 0. The molecule has 0 radical (unpaired) electrons. The molecule has 0 rings (SSSR count). The Balaban J connectivity index is 3.60. The molecule has 0 aliphatic rings. The SMILES string of the molecule is CO[SiH](CC(C)C)C(C)C. The van der Waals surface area contributed by atoms with Crippen molar-refractivity contribution in [2.45, 2.75) is 39.3 Å². The van der Waals surface area contributed by atoms with Gasteiger partial charge in [-0.05, 0) is 17.5 Å². The van der Waals surface area contributed by atoms with Gasteiger partial charge in [0.2, 0.25) is 0 Å². The summed E-state index contributed by atoms with van der Waals surface area (Å²) < 4.78 is 5.46. The molecule has 0 aliphatic heterocycles. The Hall–Kier alpha value is 0.177. The van der Waals surface area contributed by atoms with Crippen molar-refractivity contribution in [2.75, 3.05) is 7.11 Å². The summed E-state index contributed by atoms with van der Waals surface area (Å²) in [5.74, 6) is 0.805. The van der Waals surface area contributed by atoms with Crippen molar-refractivity contribution < 1.29 is 4.43 Å². The van der Waals surface area contributed by atoms with Crippen LogP contribution in [-0.2, 0) is 4.43 Å². The highest BCUT2D eigenvalue weighted by atomic mass is 28.3. The molecule has 0 fully saturated rings. The molecule has 0 aromatic carbocycles. The molecule has 2 heteroatoms. The second-order valence-corrected chi connectivity index (χ2v) is 7.00. The first-order chi connectivity index (χ1) is 4.57. The highest BCUT2D eigenvalue weighted by Gasteiger charge is 2.15. The first-order valence-corrected chi connectivity index (χ1v) is 6.06. The van der Waals surface area contributed by atoms with Crippen LogP contribution in [0.25, 0.3) is 0 Å². The van der Waals surface area contributed by atoms with E-state index in [4.69, 9.17) is 4.43 Å². The van der Waals surface area contributed by atoms with Crippen LogP contribution in [0.5, 0.6) is 0 Å². The second kappa shape index (κ2) is 4.91. The van der Waals surface area contributed by atoms with Crippen molar-refractivity contribution >= 4 is 9.04 Å². The zero-order valence-electron chi connectivity index (χ0n) is 7.85. The van der Waals surface area contributed by atoms with Gasteiger partial charge < -0.3 is 4.43 Å². The minimum Gasteiger partial charge on any atom is -0.423 e. The highest BCUT2D eigenvalue weighted by molar-refractivity contribution is 6.53. The van der Waals surface area contributed by atoms with Gasteiger partial charge in [0, 0.05) is 7.11 Å². The lowest BCUT2D eigenvalue weighted by atomic mass is 10.3. The third-order valence-corrected chi connectivity index (χ3v) is 5.25. The van der Waals surface area contributed by atoms with Gasteiger partial charge in [0.1, 0.15) is 0 Å². The maximum absolute atomic E-state index is 5.46. The molecule has 0 aromatic rings. The minimum absolute atomic E-state index is 0.785. The summed E-state index contributed by atoms with van der Waals surface area (Å²) in [6, 6.07) is 1.31. The summed E-state index contributed by atoms with van der Waals surface area (Å²) in [5.41, 5.74) is 0.785. The fourth-order valence-electron chi connectivity index (χ4n) is 1.11. The predicted molar refractivity (Wildman–Crippen MR) is 48.9 cm³/mol. The van der Waals surface area contributed by atoms with Crippen molar-refractivity contribution in [3.8, 4) is 0 Å². The Kier molecular flexibility index (Phi) is 5.00. The third-order valence-electron chi connectivity index (χ3n) is 1.75. The minimum atomic E-state index is -0.844. The average Bonchev–Trinajstić information content (AvgIpc) is 1.81. The Morgan fingerprint density at radius 3 is 1.80 bits per heavy atom. The smallest absolute Gasteiger partial charge is 0.179 e. The fourth-order valence-corrected chi connectivity index (χ4v) is 3.32. The predicted octanol–water partition coefficient (Wildman–Crippen LogP) is 2.42. The molecular formula is C8H20OSi. The van der Waals surface area contributed by atoms with Crippen LogP contribution in [0.3, 0.4) is 0 Å². The highest BCUT2D eigenvalue weighted by Crippen LogP contribution is 2.16. The van der Waals surface area contributed by atoms with Crippen LogP contribution < -0.4 is 0 Å². The van der Waals surface area contributed by atoms with E-state index in [0.717, 1.165) is 11.5 Å². The van der Waals surface area contributed by atoms with Gasteiger partial charge in [0.05, 0.1) is 0 Å². The second-order valence-electron chi connectivity index (χ2n) is 3.65. The lowest BCUT2D eigenvalue weighted by Gasteiger charge is -2.18. The zero-order valence-corrected chi connectivity index (χ0v) is 9.00. The molecule has 0 saturated carbocycles. The van der Waals surface area contributed by atoms with Crippen molar-refractivity contribution in [1.82, 2.24) is 0 Å². The van der Waals surface area contributed by atoms with Crippen molar-refractivity contribution in [3.05, 3.63) is 0 Å². The molecule has 0 saturated heterocycles. The first-order valence-electron chi connectivity index (χ1n) is 4.10. The summed E-state index contributed by atoms with van der Waals surface area (Å²) in [4.78, 5) is 0. The van der Waals surface area contributed by atoms with E-state index in [9.17, 15) is 0 Å². The molecule has 0 bridgehead atoms. The van der Waals surface area contributed by atoms with E-state index in [1.165, 1.54) is 6.04 Å². The summed E-state index contributed by atoms with van der Waals surface area (Å²) >= 11 is 0. The van der Waals surface area contributed by atoms with Gasteiger partial charge in [0.15, 0.2) is 9.04 Å². The molecule has 1 atom stereocenters. The van der Waals surface area contributed by atoms with Crippen LogP contribution in [-0.4, -0.2) is 16.2 Å². The molecule has 0 amide bonds. The quantitative estimate of drug-likeness (QED) is 0.574. The van der Waals surface area contributed by atoms with Gasteiger partial charge in [-0.15, -0.1) is 0 Å². The van der Waals surface area contributed by atoms with Crippen LogP contribution in [0.4, 0.5) is 0 Å². The molecule has 10 heavy (non-hydrogen) atoms. The van der Waals surface area contributed by atoms with E-state index < -0.39 is 9.04 Å². The van der Waals surface area contributed by atoms with E-state index in [0.29, 0.717) is 0 Å². The van der Waals surface area contributed by atoms with E-state index >= 15 is 0 Å². The molecular weight excluding hydrogens is 140 g/mol. The van der Waals surface area contributed by atoms with Crippen molar-refractivity contribution in [3.63, 3.8) is 0 Å². The van der Waals surface area contributed by atoms with E-state index in [1.54, 1.807) is 0 Å². The molecule has 62 valence electrons. The lowest BCUT2D eigenvalue weighted by molar-refractivity contribution is 0.402. The van der Waals surface area contributed by atoms with Crippen molar-refractivity contribution in [1.29, 1.82) is 0 Å².